The largest absolute Gasteiger partial charge is 0.0654 e. The van der Waals surface area contributed by atoms with Gasteiger partial charge >= 0.3 is 0 Å². The van der Waals surface area contributed by atoms with Crippen LogP contribution in [-0.4, -0.2) is 0 Å². The van der Waals surface area contributed by atoms with Crippen molar-refractivity contribution in [2.24, 2.45) is 5.92 Å². The van der Waals surface area contributed by atoms with E-state index in [0.717, 1.165) is 5.92 Å². The molecule has 0 unspecified atom stereocenters. The second-order valence-electron chi connectivity index (χ2n) is 3.29. The maximum atomic E-state index is 2.27. The first-order chi connectivity index (χ1) is 4.43. The summed E-state index contributed by atoms with van der Waals surface area (Å²) in [6.07, 6.45) is 10.4. The van der Waals surface area contributed by atoms with E-state index in [9.17, 15) is 0 Å². The molecule has 0 aromatic carbocycles. The molecule has 0 saturated heterocycles. The van der Waals surface area contributed by atoms with Crippen molar-refractivity contribution in [3.63, 3.8) is 0 Å². The van der Waals surface area contributed by atoms with Crippen molar-refractivity contribution in [2.45, 2.75) is 51.9 Å². The van der Waals surface area contributed by atoms with Crippen molar-refractivity contribution in [1.82, 2.24) is 0 Å². The van der Waals surface area contributed by atoms with Crippen LogP contribution in [0.3, 0.4) is 0 Å². The lowest BCUT2D eigenvalue weighted by Gasteiger charge is -1.95. The van der Waals surface area contributed by atoms with Crippen LogP contribution in [0.5, 0.6) is 0 Å². The van der Waals surface area contributed by atoms with Crippen LogP contribution in [0.15, 0.2) is 0 Å². The fraction of sp³-hybridized carbons (Fsp3) is 1.00. The van der Waals surface area contributed by atoms with Crippen LogP contribution in [0, 0.1) is 5.92 Å². The third kappa shape index (κ3) is 3.56. The summed E-state index contributed by atoms with van der Waals surface area (Å²) in [4.78, 5) is 0. The highest BCUT2D eigenvalue weighted by Crippen LogP contribution is 2.33. The van der Waals surface area contributed by atoms with Gasteiger partial charge in [0, 0.05) is 0 Å². The summed E-state index contributed by atoms with van der Waals surface area (Å²) in [5, 5.41) is 0. The molecule has 1 aliphatic rings. The van der Waals surface area contributed by atoms with E-state index in [-0.39, 0.29) is 0 Å². The van der Waals surface area contributed by atoms with E-state index < -0.39 is 0 Å². The summed E-state index contributed by atoms with van der Waals surface area (Å²) in [6.45, 7) is 2.27. The van der Waals surface area contributed by atoms with Gasteiger partial charge in [-0.1, -0.05) is 51.9 Å². The Morgan fingerprint density at radius 2 is 1.89 bits per heavy atom. The first-order valence-electron chi connectivity index (χ1n) is 4.43. The second-order valence-corrected chi connectivity index (χ2v) is 3.29. The topological polar surface area (TPSA) is 0 Å². The van der Waals surface area contributed by atoms with E-state index in [1.54, 1.807) is 0 Å². The maximum absolute atomic E-state index is 2.27. The van der Waals surface area contributed by atoms with Crippen molar-refractivity contribution in [1.29, 1.82) is 0 Å². The van der Waals surface area contributed by atoms with Crippen LogP contribution in [0.1, 0.15) is 51.9 Å². The summed E-state index contributed by atoms with van der Waals surface area (Å²) >= 11 is 0. The Hall–Kier alpha value is 0. The van der Waals surface area contributed by atoms with Gasteiger partial charge in [-0.2, -0.15) is 0 Å². The summed E-state index contributed by atoms with van der Waals surface area (Å²) in [5.74, 6) is 1.15. The molecule has 0 aromatic rings. The molecule has 0 N–H and O–H groups in total. The fourth-order valence-electron chi connectivity index (χ4n) is 1.27. The fourth-order valence-corrected chi connectivity index (χ4v) is 1.27. The van der Waals surface area contributed by atoms with Crippen LogP contribution in [-0.2, 0) is 0 Å². The van der Waals surface area contributed by atoms with Gasteiger partial charge in [-0.05, 0) is 5.92 Å². The van der Waals surface area contributed by atoms with Gasteiger partial charge in [-0.15, -0.1) is 0 Å². The molecule has 9 heavy (non-hydrogen) atoms. The number of hydrogen-bond donors (Lipinski definition) is 0. The van der Waals surface area contributed by atoms with Crippen molar-refractivity contribution < 1.29 is 0 Å². The third-order valence-corrected chi connectivity index (χ3v) is 2.16. The maximum Gasteiger partial charge on any atom is -0.0414 e. The van der Waals surface area contributed by atoms with E-state index in [4.69, 9.17) is 0 Å². The summed E-state index contributed by atoms with van der Waals surface area (Å²) < 4.78 is 0. The Morgan fingerprint density at radius 1 is 1.11 bits per heavy atom. The Labute approximate surface area is 58.7 Å². The molecule has 0 heteroatoms. The molecule has 1 rings (SSSR count). The molecule has 1 fully saturated rings. The van der Waals surface area contributed by atoms with Crippen LogP contribution in [0.25, 0.3) is 0 Å². The molecular formula is C9H18. The van der Waals surface area contributed by atoms with Gasteiger partial charge in [-0.25, -0.2) is 0 Å². The minimum absolute atomic E-state index is 1.15. The summed E-state index contributed by atoms with van der Waals surface area (Å²) in [6, 6.07) is 0. The highest BCUT2D eigenvalue weighted by atomic mass is 14.2. The molecular weight excluding hydrogens is 108 g/mol. The zero-order chi connectivity index (χ0) is 6.53. The Bertz CT molecular complexity index is 62.4. The van der Waals surface area contributed by atoms with Gasteiger partial charge in [0.15, 0.2) is 0 Å². The highest BCUT2D eigenvalue weighted by molar-refractivity contribution is 4.72. The summed E-state index contributed by atoms with van der Waals surface area (Å²) in [5.41, 5.74) is 0. The number of unbranched alkanes of at least 4 members (excludes halogenated alkanes) is 3. The van der Waals surface area contributed by atoms with Gasteiger partial charge in [0.2, 0.25) is 0 Å². The van der Waals surface area contributed by atoms with Gasteiger partial charge in [0.1, 0.15) is 0 Å². The average Bonchev–Trinajstić information content (AvgIpc) is 2.63. The number of rotatable bonds is 5. The average molecular weight is 126 g/mol. The minimum Gasteiger partial charge on any atom is -0.0654 e. The van der Waals surface area contributed by atoms with Gasteiger partial charge < -0.3 is 0 Å². The van der Waals surface area contributed by atoms with Gasteiger partial charge in [0.25, 0.3) is 0 Å². The first kappa shape index (κ1) is 7.11. The van der Waals surface area contributed by atoms with Crippen molar-refractivity contribution in [3.05, 3.63) is 0 Å². The van der Waals surface area contributed by atoms with E-state index in [1.165, 1.54) is 44.9 Å². The molecule has 0 spiro atoms. The molecule has 54 valence electrons. The molecule has 0 aromatic heterocycles. The lowest BCUT2D eigenvalue weighted by Crippen LogP contribution is -1.77. The lowest BCUT2D eigenvalue weighted by atomic mass is 10.1. The molecule has 1 aliphatic carbocycles. The summed E-state index contributed by atoms with van der Waals surface area (Å²) in [7, 11) is 0. The molecule has 1 saturated carbocycles. The number of hydrogen-bond acceptors (Lipinski definition) is 0. The Balaban J connectivity index is 1.71. The monoisotopic (exact) mass is 126 g/mol. The molecule has 0 amide bonds. The zero-order valence-electron chi connectivity index (χ0n) is 6.53. The van der Waals surface area contributed by atoms with E-state index in [2.05, 4.69) is 6.92 Å². The standard InChI is InChI=1S/C9H18/c1-2-3-4-5-6-9-7-8-9/h9H,2-8H2,1H3. The molecule has 0 nitrogen and oxygen atoms in total. The van der Waals surface area contributed by atoms with Gasteiger partial charge in [0.05, 0.1) is 0 Å². The van der Waals surface area contributed by atoms with Crippen LogP contribution < -0.4 is 0 Å². The van der Waals surface area contributed by atoms with Crippen molar-refractivity contribution in [2.75, 3.05) is 0 Å². The smallest absolute Gasteiger partial charge is 0.0414 e. The lowest BCUT2D eigenvalue weighted by molar-refractivity contribution is 0.597. The first-order valence-corrected chi connectivity index (χ1v) is 4.43. The van der Waals surface area contributed by atoms with Crippen molar-refractivity contribution in [3.8, 4) is 0 Å². The quantitative estimate of drug-likeness (QED) is 0.495. The van der Waals surface area contributed by atoms with Crippen LogP contribution >= 0.6 is 0 Å². The van der Waals surface area contributed by atoms with E-state index >= 15 is 0 Å². The minimum atomic E-state index is 1.15. The molecule has 0 radical (unpaired) electrons. The van der Waals surface area contributed by atoms with Crippen LogP contribution in [0.2, 0.25) is 0 Å². The van der Waals surface area contributed by atoms with E-state index in [0.29, 0.717) is 0 Å². The van der Waals surface area contributed by atoms with Crippen LogP contribution in [0.4, 0.5) is 0 Å². The Kier molecular flexibility index (Phi) is 3.10. The Morgan fingerprint density at radius 3 is 2.44 bits per heavy atom. The normalized spacial score (nSPS) is 18.3. The highest BCUT2D eigenvalue weighted by Gasteiger charge is 2.19. The van der Waals surface area contributed by atoms with Crippen molar-refractivity contribution >= 4 is 0 Å². The molecule has 0 aliphatic heterocycles. The van der Waals surface area contributed by atoms with Gasteiger partial charge in [-0.3, -0.25) is 0 Å². The molecule has 0 bridgehead atoms. The third-order valence-electron chi connectivity index (χ3n) is 2.16. The zero-order valence-corrected chi connectivity index (χ0v) is 6.53. The molecule has 0 atom stereocenters. The second kappa shape index (κ2) is 3.92. The van der Waals surface area contributed by atoms with E-state index in [1.807, 2.05) is 0 Å². The predicted octanol–water partition coefficient (Wildman–Crippen LogP) is 3.37. The molecule has 0 heterocycles. The SMILES string of the molecule is CCCCCCC1CC1. The predicted molar refractivity (Wildman–Crippen MR) is 41.5 cm³/mol.